The second-order valence-electron chi connectivity index (χ2n) is 20.3. The second-order valence-corrected chi connectivity index (χ2v) is 20.3. The van der Waals surface area contributed by atoms with Crippen LogP contribution in [0, 0.1) is 0 Å². The minimum atomic E-state index is -0.760. The zero-order valence-electron chi connectivity index (χ0n) is 44.3. The Morgan fingerprint density at radius 2 is 0.415 bits per heavy atom. The number of rotatable bonds is 55. The number of carbonyl (C=O) groups is 3. The van der Waals surface area contributed by atoms with Gasteiger partial charge in [0.2, 0.25) is 0 Å². The van der Waals surface area contributed by atoms with Gasteiger partial charge < -0.3 is 14.2 Å². The fraction of sp³-hybridized carbons (Fsp3) is 0.949. The fourth-order valence-corrected chi connectivity index (χ4v) is 9.15. The monoisotopic (exact) mass is 919 g/mol. The third-order valence-electron chi connectivity index (χ3n) is 13.6. The molecule has 1 unspecified atom stereocenters. The van der Waals surface area contributed by atoms with Crippen LogP contribution in [-0.4, -0.2) is 37.2 Å². The van der Waals surface area contributed by atoms with Gasteiger partial charge >= 0.3 is 17.9 Å². The summed E-state index contributed by atoms with van der Waals surface area (Å²) in [5, 5.41) is 0. The Balaban J connectivity index is 4.05. The number of unbranched alkanes of at least 4 members (excludes halogenated alkanes) is 44. The Hall–Kier alpha value is -1.59. The van der Waals surface area contributed by atoms with Crippen molar-refractivity contribution in [3.8, 4) is 0 Å². The Labute approximate surface area is 406 Å². The predicted molar refractivity (Wildman–Crippen MR) is 280 cm³/mol. The van der Waals surface area contributed by atoms with Crippen molar-refractivity contribution in [2.24, 2.45) is 0 Å². The van der Waals surface area contributed by atoms with Gasteiger partial charge in [-0.1, -0.05) is 303 Å². The lowest BCUT2D eigenvalue weighted by molar-refractivity contribution is -0.167. The maximum atomic E-state index is 12.8. The number of esters is 3. The summed E-state index contributed by atoms with van der Waals surface area (Å²) in [4.78, 5) is 38.0. The molecule has 65 heavy (non-hydrogen) atoms. The molecule has 0 aromatic heterocycles. The average molecular weight is 920 g/mol. The lowest BCUT2D eigenvalue weighted by Crippen LogP contribution is -2.30. The Bertz CT molecular complexity index is 967. The van der Waals surface area contributed by atoms with Crippen LogP contribution in [0.5, 0.6) is 0 Å². The van der Waals surface area contributed by atoms with E-state index >= 15 is 0 Å². The summed E-state index contributed by atoms with van der Waals surface area (Å²) in [5.41, 5.74) is 0. The van der Waals surface area contributed by atoms with Crippen molar-refractivity contribution in [3.05, 3.63) is 0 Å². The van der Waals surface area contributed by atoms with E-state index in [0.29, 0.717) is 19.3 Å². The first-order valence-corrected chi connectivity index (χ1v) is 29.5. The van der Waals surface area contributed by atoms with Gasteiger partial charge in [0.25, 0.3) is 0 Å². The normalized spacial score (nSPS) is 11.9. The summed E-state index contributed by atoms with van der Waals surface area (Å²) in [6.07, 6.45) is 61.2. The summed E-state index contributed by atoms with van der Waals surface area (Å²) in [7, 11) is 0. The van der Waals surface area contributed by atoms with Crippen LogP contribution in [0.15, 0.2) is 0 Å². The highest BCUT2D eigenvalue weighted by Gasteiger charge is 2.19. The summed E-state index contributed by atoms with van der Waals surface area (Å²) in [6, 6.07) is 0. The van der Waals surface area contributed by atoms with Crippen LogP contribution >= 0.6 is 0 Å². The summed E-state index contributed by atoms with van der Waals surface area (Å²) < 4.78 is 16.8. The van der Waals surface area contributed by atoms with Crippen molar-refractivity contribution < 1.29 is 28.6 Å². The summed E-state index contributed by atoms with van der Waals surface area (Å²) in [5.74, 6) is -0.839. The van der Waals surface area contributed by atoms with Crippen molar-refractivity contribution in [1.82, 2.24) is 0 Å². The standard InChI is InChI=1S/C59H114O6/c1-4-7-10-13-16-19-22-23-24-25-26-27-28-29-30-31-32-33-34-35-36-38-40-43-46-49-52-58(61)64-55-56(54-63-57(60)51-48-45-42-39-21-18-15-12-9-6-3)65-59(62)53-50-47-44-41-37-20-17-14-11-8-5-2/h56H,4-55H2,1-3H3. The number of hydrogen-bond acceptors (Lipinski definition) is 6. The molecule has 0 fully saturated rings. The van der Waals surface area contributed by atoms with Gasteiger partial charge in [0, 0.05) is 19.3 Å². The predicted octanol–water partition coefficient (Wildman–Crippen LogP) is 19.5. The second kappa shape index (κ2) is 55.0. The highest BCUT2D eigenvalue weighted by atomic mass is 16.6. The van der Waals surface area contributed by atoms with Crippen molar-refractivity contribution in [2.75, 3.05) is 13.2 Å². The average Bonchev–Trinajstić information content (AvgIpc) is 3.30. The lowest BCUT2D eigenvalue weighted by Gasteiger charge is -2.18. The molecule has 0 amide bonds. The van der Waals surface area contributed by atoms with Crippen molar-refractivity contribution >= 4 is 17.9 Å². The Kier molecular flexibility index (Phi) is 53.7. The molecule has 0 aromatic rings. The maximum absolute atomic E-state index is 12.8. The van der Waals surface area contributed by atoms with Crippen LogP contribution in [0.1, 0.15) is 342 Å². The topological polar surface area (TPSA) is 78.9 Å². The molecule has 0 radical (unpaired) electrons. The van der Waals surface area contributed by atoms with Gasteiger partial charge in [-0.2, -0.15) is 0 Å². The van der Waals surface area contributed by atoms with E-state index in [1.807, 2.05) is 0 Å². The van der Waals surface area contributed by atoms with Crippen molar-refractivity contribution in [1.29, 1.82) is 0 Å². The highest BCUT2D eigenvalue weighted by molar-refractivity contribution is 5.71. The van der Waals surface area contributed by atoms with E-state index in [4.69, 9.17) is 14.2 Å². The molecule has 1 atom stereocenters. The molecule has 6 heteroatoms. The molecule has 0 aliphatic heterocycles. The van der Waals surface area contributed by atoms with Crippen LogP contribution in [0.2, 0.25) is 0 Å². The molecule has 0 saturated heterocycles. The van der Waals surface area contributed by atoms with Gasteiger partial charge in [-0.15, -0.1) is 0 Å². The molecule has 0 heterocycles. The number of hydrogen-bond donors (Lipinski definition) is 0. The molecule has 386 valence electrons. The molecule has 0 aliphatic rings. The van der Waals surface area contributed by atoms with E-state index in [-0.39, 0.29) is 31.1 Å². The zero-order valence-corrected chi connectivity index (χ0v) is 44.3. The summed E-state index contributed by atoms with van der Waals surface area (Å²) in [6.45, 7) is 6.68. The number of carbonyl (C=O) groups excluding carboxylic acids is 3. The minimum Gasteiger partial charge on any atom is -0.462 e. The molecular formula is C59H114O6. The third-order valence-corrected chi connectivity index (χ3v) is 13.6. The Morgan fingerprint density at radius 1 is 0.246 bits per heavy atom. The van der Waals surface area contributed by atoms with E-state index in [0.717, 1.165) is 57.8 Å². The first kappa shape index (κ1) is 63.4. The van der Waals surface area contributed by atoms with E-state index in [2.05, 4.69) is 20.8 Å². The van der Waals surface area contributed by atoms with E-state index in [1.165, 1.54) is 244 Å². The molecule has 0 saturated carbocycles. The van der Waals surface area contributed by atoms with Crippen molar-refractivity contribution in [2.45, 2.75) is 348 Å². The quantitative estimate of drug-likeness (QED) is 0.0344. The first-order chi connectivity index (χ1) is 32.0. The Morgan fingerprint density at radius 3 is 0.615 bits per heavy atom. The van der Waals surface area contributed by atoms with Gasteiger partial charge in [-0.3, -0.25) is 14.4 Å². The molecule has 6 nitrogen and oxygen atoms in total. The molecule has 0 aromatic carbocycles. The van der Waals surface area contributed by atoms with Crippen LogP contribution in [0.4, 0.5) is 0 Å². The lowest BCUT2D eigenvalue weighted by atomic mass is 10.0. The third kappa shape index (κ3) is 53.2. The van der Waals surface area contributed by atoms with Gasteiger partial charge in [0.15, 0.2) is 6.10 Å². The molecule has 0 bridgehead atoms. The summed E-state index contributed by atoms with van der Waals surface area (Å²) >= 11 is 0. The fourth-order valence-electron chi connectivity index (χ4n) is 9.15. The van der Waals surface area contributed by atoms with Crippen LogP contribution in [-0.2, 0) is 28.6 Å². The first-order valence-electron chi connectivity index (χ1n) is 29.5. The molecule has 0 rings (SSSR count). The molecule has 0 N–H and O–H groups in total. The smallest absolute Gasteiger partial charge is 0.306 e. The SMILES string of the molecule is CCCCCCCCCCCCCCCCCCCCCCCCCCCCC(=O)OCC(COC(=O)CCCCCCCCCCCC)OC(=O)CCCCCCCCCCCCC. The highest BCUT2D eigenvalue weighted by Crippen LogP contribution is 2.18. The van der Waals surface area contributed by atoms with Crippen LogP contribution in [0.25, 0.3) is 0 Å². The van der Waals surface area contributed by atoms with E-state index < -0.39 is 6.10 Å². The zero-order chi connectivity index (χ0) is 47.2. The van der Waals surface area contributed by atoms with Crippen LogP contribution < -0.4 is 0 Å². The molecule has 0 aliphatic carbocycles. The minimum absolute atomic E-state index is 0.0617. The largest absolute Gasteiger partial charge is 0.462 e. The van der Waals surface area contributed by atoms with Gasteiger partial charge in [0.1, 0.15) is 13.2 Å². The number of ether oxygens (including phenoxy) is 3. The van der Waals surface area contributed by atoms with Gasteiger partial charge in [-0.05, 0) is 19.3 Å². The van der Waals surface area contributed by atoms with Crippen LogP contribution in [0.3, 0.4) is 0 Å². The molecule has 0 spiro atoms. The maximum Gasteiger partial charge on any atom is 0.306 e. The van der Waals surface area contributed by atoms with Gasteiger partial charge in [-0.25, -0.2) is 0 Å². The van der Waals surface area contributed by atoms with Gasteiger partial charge in [0.05, 0.1) is 0 Å². The van der Waals surface area contributed by atoms with Crippen molar-refractivity contribution in [3.63, 3.8) is 0 Å². The molecular weight excluding hydrogens is 805 g/mol. The van der Waals surface area contributed by atoms with E-state index in [9.17, 15) is 14.4 Å². The van der Waals surface area contributed by atoms with E-state index in [1.54, 1.807) is 0 Å².